The van der Waals surface area contributed by atoms with Crippen molar-refractivity contribution in [3.8, 4) is 0 Å². The van der Waals surface area contributed by atoms with Gasteiger partial charge in [0, 0.05) is 25.2 Å². The van der Waals surface area contributed by atoms with Crippen LogP contribution in [0, 0.1) is 0 Å². The minimum Gasteiger partial charge on any atom is -0.370 e. The summed E-state index contributed by atoms with van der Waals surface area (Å²) in [5.41, 5.74) is 6.18. The van der Waals surface area contributed by atoms with Gasteiger partial charge in [-0.1, -0.05) is 12.8 Å². The van der Waals surface area contributed by atoms with E-state index < -0.39 is 0 Å². The van der Waals surface area contributed by atoms with E-state index in [2.05, 4.69) is 36.0 Å². The topological polar surface area (TPSA) is 53.6 Å². The fourth-order valence-electron chi connectivity index (χ4n) is 2.00. The van der Waals surface area contributed by atoms with Crippen LogP contribution in [0.15, 0.2) is 4.99 Å². The van der Waals surface area contributed by atoms with E-state index >= 15 is 0 Å². The molecular formula is C13H28N4. The first-order valence-electron chi connectivity index (χ1n) is 6.79. The van der Waals surface area contributed by atoms with Crippen molar-refractivity contribution >= 4 is 5.96 Å². The molecule has 17 heavy (non-hydrogen) atoms. The molecule has 0 radical (unpaired) electrons. The molecule has 0 aromatic heterocycles. The van der Waals surface area contributed by atoms with Crippen LogP contribution < -0.4 is 11.1 Å². The zero-order valence-corrected chi connectivity index (χ0v) is 11.6. The minimum atomic E-state index is 0.160. The van der Waals surface area contributed by atoms with E-state index in [1.807, 2.05) is 0 Å². The second-order valence-electron chi connectivity index (χ2n) is 5.82. The molecule has 4 nitrogen and oxygen atoms in total. The highest BCUT2D eigenvalue weighted by atomic mass is 15.2. The van der Waals surface area contributed by atoms with E-state index in [1.54, 1.807) is 0 Å². The Bertz CT molecular complexity index is 234. The first kappa shape index (κ1) is 14.3. The van der Waals surface area contributed by atoms with Crippen LogP contribution in [0.2, 0.25) is 0 Å². The largest absolute Gasteiger partial charge is 0.370 e. The fraction of sp³-hybridized carbons (Fsp3) is 0.923. The summed E-state index contributed by atoms with van der Waals surface area (Å²) in [4.78, 5) is 6.68. The predicted octanol–water partition coefficient (Wildman–Crippen LogP) is 1.57. The van der Waals surface area contributed by atoms with Gasteiger partial charge in [0.25, 0.3) is 0 Å². The highest BCUT2D eigenvalue weighted by Gasteiger charge is 2.11. The van der Waals surface area contributed by atoms with Gasteiger partial charge in [0.2, 0.25) is 0 Å². The lowest BCUT2D eigenvalue weighted by molar-refractivity contribution is 0.420. The molecule has 1 aliphatic heterocycles. The SMILES string of the molecule is CC(C)(C)NCCN=C(N)N1CCCCCC1. The summed E-state index contributed by atoms with van der Waals surface area (Å²) in [5.74, 6) is 0.725. The Morgan fingerprint density at radius 2 is 1.76 bits per heavy atom. The van der Waals surface area contributed by atoms with Crippen molar-refractivity contribution in [1.82, 2.24) is 10.2 Å². The second kappa shape index (κ2) is 6.84. The number of hydrogen-bond acceptors (Lipinski definition) is 2. The van der Waals surface area contributed by atoms with Crippen molar-refractivity contribution in [2.75, 3.05) is 26.2 Å². The van der Waals surface area contributed by atoms with Crippen LogP contribution in [0.5, 0.6) is 0 Å². The molecule has 0 aromatic rings. The Hall–Kier alpha value is -0.770. The number of aliphatic imine (C=N–C) groups is 1. The van der Waals surface area contributed by atoms with E-state index in [1.165, 1.54) is 25.7 Å². The summed E-state index contributed by atoms with van der Waals surface area (Å²) in [6.07, 6.45) is 5.15. The third-order valence-electron chi connectivity index (χ3n) is 2.97. The van der Waals surface area contributed by atoms with Crippen molar-refractivity contribution in [3.63, 3.8) is 0 Å². The summed E-state index contributed by atoms with van der Waals surface area (Å²) < 4.78 is 0. The van der Waals surface area contributed by atoms with E-state index in [0.29, 0.717) is 0 Å². The quantitative estimate of drug-likeness (QED) is 0.447. The molecule has 1 saturated heterocycles. The molecule has 1 aliphatic rings. The maximum Gasteiger partial charge on any atom is 0.191 e. The lowest BCUT2D eigenvalue weighted by Gasteiger charge is -2.22. The van der Waals surface area contributed by atoms with Crippen LogP contribution in [0.4, 0.5) is 0 Å². The Kier molecular flexibility index (Phi) is 5.75. The van der Waals surface area contributed by atoms with Gasteiger partial charge >= 0.3 is 0 Å². The average molecular weight is 240 g/mol. The Balaban J connectivity index is 2.27. The van der Waals surface area contributed by atoms with Gasteiger partial charge < -0.3 is 16.0 Å². The average Bonchev–Trinajstić information content (AvgIpc) is 2.51. The highest BCUT2D eigenvalue weighted by molar-refractivity contribution is 5.78. The van der Waals surface area contributed by atoms with E-state index in [-0.39, 0.29) is 5.54 Å². The zero-order valence-electron chi connectivity index (χ0n) is 11.6. The van der Waals surface area contributed by atoms with Crippen molar-refractivity contribution in [2.24, 2.45) is 10.7 Å². The summed E-state index contributed by atoms with van der Waals surface area (Å²) in [6, 6.07) is 0. The normalized spacial score (nSPS) is 19.2. The van der Waals surface area contributed by atoms with Crippen LogP contribution in [-0.2, 0) is 0 Å². The molecule has 3 N–H and O–H groups in total. The molecule has 0 amide bonds. The first-order chi connectivity index (χ1) is 7.99. The molecule has 1 heterocycles. The Labute approximate surface area is 106 Å². The van der Waals surface area contributed by atoms with Crippen LogP contribution in [0.1, 0.15) is 46.5 Å². The number of nitrogens with zero attached hydrogens (tertiary/aromatic N) is 2. The number of nitrogens with two attached hydrogens (primary N) is 1. The molecule has 1 rings (SSSR count). The molecule has 0 bridgehead atoms. The van der Waals surface area contributed by atoms with Crippen LogP contribution >= 0.6 is 0 Å². The number of nitrogens with one attached hydrogen (secondary N) is 1. The van der Waals surface area contributed by atoms with Crippen molar-refractivity contribution in [1.29, 1.82) is 0 Å². The molecule has 4 heteroatoms. The number of rotatable bonds is 3. The number of hydrogen-bond donors (Lipinski definition) is 2. The summed E-state index contributed by atoms with van der Waals surface area (Å²) in [7, 11) is 0. The van der Waals surface area contributed by atoms with Gasteiger partial charge in [-0.05, 0) is 33.6 Å². The van der Waals surface area contributed by atoms with E-state index in [4.69, 9.17) is 5.73 Å². The second-order valence-corrected chi connectivity index (χ2v) is 5.82. The van der Waals surface area contributed by atoms with E-state index in [9.17, 15) is 0 Å². The summed E-state index contributed by atoms with van der Waals surface area (Å²) in [6.45, 7) is 10.3. The number of guanidine groups is 1. The maximum absolute atomic E-state index is 6.02. The third kappa shape index (κ3) is 6.51. The smallest absolute Gasteiger partial charge is 0.191 e. The highest BCUT2D eigenvalue weighted by Crippen LogP contribution is 2.08. The molecule has 0 aliphatic carbocycles. The van der Waals surface area contributed by atoms with E-state index in [0.717, 1.165) is 32.1 Å². The predicted molar refractivity (Wildman–Crippen MR) is 74.3 cm³/mol. The number of likely N-dealkylation sites (tertiary alicyclic amines) is 1. The lowest BCUT2D eigenvalue weighted by Crippen LogP contribution is -2.40. The van der Waals surface area contributed by atoms with Gasteiger partial charge in [-0.3, -0.25) is 4.99 Å². The van der Waals surface area contributed by atoms with Gasteiger partial charge in [0.05, 0.1) is 6.54 Å². The van der Waals surface area contributed by atoms with Crippen molar-refractivity contribution < 1.29 is 0 Å². The Morgan fingerprint density at radius 3 is 2.29 bits per heavy atom. The molecule has 0 atom stereocenters. The molecular weight excluding hydrogens is 212 g/mol. The van der Waals surface area contributed by atoms with Gasteiger partial charge in [0.1, 0.15) is 0 Å². The maximum atomic E-state index is 6.02. The van der Waals surface area contributed by atoms with Crippen molar-refractivity contribution in [3.05, 3.63) is 0 Å². The Morgan fingerprint density at radius 1 is 1.18 bits per heavy atom. The molecule has 100 valence electrons. The molecule has 0 saturated carbocycles. The minimum absolute atomic E-state index is 0.160. The van der Waals surface area contributed by atoms with Crippen LogP contribution in [-0.4, -0.2) is 42.6 Å². The molecule has 1 fully saturated rings. The van der Waals surface area contributed by atoms with Crippen LogP contribution in [0.3, 0.4) is 0 Å². The third-order valence-corrected chi connectivity index (χ3v) is 2.97. The molecule has 0 spiro atoms. The van der Waals surface area contributed by atoms with Crippen molar-refractivity contribution in [2.45, 2.75) is 52.0 Å². The van der Waals surface area contributed by atoms with Crippen LogP contribution in [0.25, 0.3) is 0 Å². The molecule has 0 aromatic carbocycles. The fourth-order valence-corrected chi connectivity index (χ4v) is 2.00. The first-order valence-corrected chi connectivity index (χ1v) is 6.79. The van der Waals surface area contributed by atoms with Gasteiger partial charge in [-0.15, -0.1) is 0 Å². The molecule has 0 unspecified atom stereocenters. The lowest BCUT2D eigenvalue weighted by atomic mass is 10.1. The zero-order chi connectivity index (χ0) is 12.7. The summed E-state index contributed by atoms with van der Waals surface area (Å²) >= 11 is 0. The summed E-state index contributed by atoms with van der Waals surface area (Å²) in [5, 5.41) is 3.41. The van der Waals surface area contributed by atoms with Gasteiger partial charge in [0.15, 0.2) is 5.96 Å². The van der Waals surface area contributed by atoms with Gasteiger partial charge in [-0.25, -0.2) is 0 Å². The monoisotopic (exact) mass is 240 g/mol. The van der Waals surface area contributed by atoms with Gasteiger partial charge in [-0.2, -0.15) is 0 Å². The standard InChI is InChI=1S/C13H28N4/c1-13(2,3)16-9-8-15-12(14)17-10-6-4-5-7-11-17/h16H,4-11H2,1-3H3,(H2,14,15).